The number of carbonyl (C=O) groups is 2. The Balaban J connectivity index is 1.73. The van der Waals surface area contributed by atoms with E-state index in [0.29, 0.717) is 12.2 Å². The Hall–Kier alpha value is -1.49. The van der Waals surface area contributed by atoms with Crippen molar-refractivity contribution in [1.29, 1.82) is 0 Å². The van der Waals surface area contributed by atoms with Crippen molar-refractivity contribution in [3.63, 3.8) is 0 Å². The fourth-order valence-corrected chi connectivity index (χ4v) is 3.25. The molecule has 20 heavy (non-hydrogen) atoms. The third-order valence-corrected chi connectivity index (χ3v) is 4.56. The highest BCUT2D eigenvalue weighted by Crippen LogP contribution is 2.35. The van der Waals surface area contributed by atoms with Crippen LogP contribution in [0.4, 0.5) is 0 Å². The second-order valence-corrected chi connectivity index (χ2v) is 6.33. The summed E-state index contributed by atoms with van der Waals surface area (Å²) >= 11 is 1.64. The molecule has 1 amide bonds. The van der Waals surface area contributed by atoms with E-state index in [4.69, 9.17) is 5.11 Å². The van der Waals surface area contributed by atoms with Crippen LogP contribution in [0, 0.1) is 0 Å². The third-order valence-electron chi connectivity index (χ3n) is 3.55. The molecule has 0 radical (unpaired) electrons. The molecule has 5 heteroatoms. The number of rotatable bonds is 7. The van der Waals surface area contributed by atoms with Gasteiger partial charge in [0.05, 0.1) is 12.0 Å². The van der Waals surface area contributed by atoms with Gasteiger partial charge in [0, 0.05) is 17.1 Å². The first kappa shape index (κ1) is 14.9. The highest BCUT2D eigenvalue weighted by Gasteiger charge is 2.40. The van der Waals surface area contributed by atoms with E-state index in [2.05, 4.69) is 5.32 Å². The summed E-state index contributed by atoms with van der Waals surface area (Å²) in [5, 5.41) is 11.8. The minimum Gasteiger partial charge on any atom is -0.481 e. The zero-order valence-corrected chi connectivity index (χ0v) is 12.1. The van der Waals surface area contributed by atoms with E-state index >= 15 is 0 Å². The van der Waals surface area contributed by atoms with Gasteiger partial charge in [-0.15, -0.1) is 11.8 Å². The standard InChI is InChI=1S/C15H19NO3S/c17-13(7-10-20-12-5-2-1-3-6-12)16-15(8-4-9-15)11-14(18)19/h1-3,5-6H,4,7-11H2,(H,16,17)(H,18,19). The normalized spacial score (nSPS) is 16.2. The number of thioether (sulfide) groups is 1. The van der Waals surface area contributed by atoms with Crippen LogP contribution in [0.2, 0.25) is 0 Å². The van der Waals surface area contributed by atoms with Gasteiger partial charge in [0.1, 0.15) is 0 Å². The number of nitrogens with one attached hydrogen (secondary N) is 1. The van der Waals surface area contributed by atoms with Gasteiger partial charge in [0.2, 0.25) is 5.91 Å². The Kier molecular flexibility index (Phi) is 5.06. The first-order valence-corrected chi connectivity index (χ1v) is 7.79. The summed E-state index contributed by atoms with van der Waals surface area (Å²) < 4.78 is 0. The second-order valence-electron chi connectivity index (χ2n) is 5.16. The molecule has 0 aromatic heterocycles. The largest absolute Gasteiger partial charge is 0.481 e. The Morgan fingerprint density at radius 2 is 1.95 bits per heavy atom. The summed E-state index contributed by atoms with van der Waals surface area (Å²) in [7, 11) is 0. The molecular formula is C15H19NO3S. The van der Waals surface area contributed by atoms with Crippen molar-refractivity contribution >= 4 is 23.6 Å². The number of aliphatic carboxylic acids is 1. The average Bonchev–Trinajstić information content (AvgIpc) is 2.37. The molecule has 0 bridgehead atoms. The lowest BCUT2D eigenvalue weighted by molar-refractivity contribution is -0.140. The Labute approximate surface area is 123 Å². The number of amides is 1. The lowest BCUT2D eigenvalue weighted by Gasteiger charge is -2.41. The van der Waals surface area contributed by atoms with Crippen LogP contribution in [-0.2, 0) is 9.59 Å². The van der Waals surface area contributed by atoms with Crippen LogP contribution < -0.4 is 5.32 Å². The third kappa shape index (κ3) is 4.27. The minimum absolute atomic E-state index is 0.0323. The Morgan fingerprint density at radius 1 is 1.25 bits per heavy atom. The van der Waals surface area contributed by atoms with Crippen molar-refractivity contribution in [3.8, 4) is 0 Å². The van der Waals surface area contributed by atoms with E-state index in [1.54, 1.807) is 11.8 Å². The predicted molar refractivity (Wildman–Crippen MR) is 78.8 cm³/mol. The first-order chi connectivity index (χ1) is 9.60. The Morgan fingerprint density at radius 3 is 2.50 bits per heavy atom. The van der Waals surface area contributed by atoms with Crippen molar-refractivity contribution in [2.24, 2.45) is 0 Å². The highest BCUT2D eigenvalue weighted by molar-refractivity contribution is 7.99. The SMILES string of the molecule is O=C(O)CC1(NC(=O)CCSc2ccccc2)CCC1. The summed E-state index contributed by atoms with van der Waals surface area (Å²) in [6.45, 7) is 0. The predicted octanol–water partition coefficient (Wildman–Crippen LogP) is 2.68. The molecule has 0 unspecified atom stereocenters. The molecule has 1 aromatic carbocycles. The first-order valence-electron chi connectivity index (χ1n) is 6.80. The molecule has 108 valence electrons. The number of carboxylic acids is 1. The quantitative estimate of drug-likeness (QED) is 0.759. The van der Waals surface area contributed by atoms with Crippen LogP contribution in [0.15, 0.2) is 35.2 Å². The van der Waals surface area contributed by atoms with Gasteiger partial charge >= 0.3 is 5.97 Å². The van der Waals surface area contributed by atoms with Crippen LogP contribution in [0.3, 0.4) is 0 Å². The summed E-state index contributed by atoms with van der Waals surface area (Å²) in [6.07, 6.45) is 2.99. The maximum atomic E-state index is 11.9. The summed E-state index contributed by atoms with van der Waals surface area (Å²) in [4.78, 5) is 23.9. The van der Waals surface area contributed by atoms with E-state index in [-0.39, 0.29) is 12.3 Å². The van der Waals surface area contributed by atoms with E-state index in [0.717, 1.165) is 24.2 Å². The van der Waals surface area contributed by atoms with Crippen LogP contribution in [-0.4, -0.2) is 28.3 Å². The summed E-state index contributed by atoms with van der Waals surface area (Å²) in [5.74, 6) is -0.183. The van der Waals surface area contributed by atoms with Gasteiger partial charge in [-0.3, -0.25) is 9.59 Å². The van der Waals surface area contributed by atoms with Crippen molar-refractivity contribution < 1.29 is 14.7 Å². The smallest absolute Gasteiger partial charge is 0.305 e. The van der Waals surface area contributed by atoms with Crippen molar-refractivity contribution in [3.05, 3.63) is 30.3 Å². The molecule has 1 saturated carbocycles. The molecule has 0 spiro atoms. The topological polar surface area (TPSA) is 66.4 Å². The van der Waals surface area contributed by atoms with E-state index in [1.807, 2.05) is 30.3 Å². The van der Waals surface area contributed by atoms with Crippen LogP contribution in [0.1, 0.15) is 32.1 Å². The Bertz CT molecular complexity index is 471. The fourth-order valence-electron chi connectivity index (χ4n) is 2.38. The highest BCUT2D eigenvalue weighted by atomic mass is 32.2. The van der Waals surface area contributed by atoms with Crippen LogP contribution in [0.25, 0.3) is 0 Å². The molecule has 0 saturated heterocycles. The molecule has 1 fully saturated rings. The molecule has 1 aromatic rings. The molecule has 0 atom stereocenters. The molecule has 0 heterocycles. The van der Waals surface area contributed by atoms with Crippen molar-refractivity contribution in [2.45, 2.75) is 42.5 Å². The number of benzene rings is 1. The van der Waals surface area contributed by atoms with Gasteiger partial charge in [-0.2, -0.15) is 0 Å². The number of carboxylic acid groups (broad SMARTS) is 1. The molecule has 1 aliphatic rings. The van der Waals surface area contributed by atoms with Crippen molar-refractivity contribution in [2.75, 3.05) is 5.75 Å². The molecule has 2 N–H and O–H groups in total. The molecule has 2 rings (SSSR count). The number of hydrogen-bond acceptors (Lipinski definition) is 3. The molecular weight excluding hydrogens is 274 g/mol. The lowest BCUT2D eigenvalue weighted by atomic mass is 9.74. The second kappa shape index (κ2) is 6.79. The van der Waals surface area contributed by atoms with Gasteiger partial charge in [-0.25, -0.2) is 0 Å². The van der Waals surface area contributed by atoms with Gasteiger partial charge in [-0.05, 0) is 31.4 Å². The zero-order chi connectivity index (χ0) is 14.4. The van der Waals surface area contributed by atoms with Gasteiger partial charge in [0.25, 0.3) is 0 Å². The summed E-state index contributed by atoms with van der Waals surface area (Å²) in [6, 6.07) is 9.93. The lowest BCUT2D eigenvalue weighted by Crippen LogP contribution is -2.54. The fraction of sp³-hybridized carbons (Fsp3) is 0.467. The van der Waals surface area contributed by atoms with Crippen LogP contribution >= 0.6 is 11.8 Å². The number of carbonyl (C=O) groups excluding carboxylic acids is 1. The van der Waals surface area contributed by atoms with E-state index < -0.39 is 11.5 Å². The van der Waals surface area contributed by atoms with Crippen LogP contribution in [0.5, 0.6) is 0 Å². The summed E-state index contributed by atoms with van der Waals surface area (Å²) in [5.41, 5.74) is -0.486. The average molecular weight is 293 g/mol. The van der Waals surface area contributed by atoms with E-state index in [1.165, 1.54) is 0 Å². The zero-order valence-electron chi connectivity index (χ0n) is 11.3. The van der Waals surface area contributed by atoms with Gasteiger partial charge in [0.15, 0.2) is 0 Å². The maximum absolute atomic E-state index is 11.9. The van der Waals surface area contributed by atoms with E-state index in [9.17, 15) is 9.59 Å². The molecule has 1 aliphatic carbocycles. The maximum Gasteiger partial charge on any atom is 0.305 e. The minimum atomic E-state index is -0.844. The van der Waals surface area contributed by atoms with Gasteiger partial charge in [-0.1, -0.05) is 18.2 Å². The molecule has 4 nitrogen and oxygen atoms in total. The van der Waals surface area contributed by atoms with Gasteiger partial charge < -0.3 is 10.4 Å². The molecule has 0 aliphatic heterocycles. The monoisotopic (exact) mass is 293 g/mol. The number of hydrogen-bond donors (Lipinski definition) is 2. The van der Waals surface area contributed by atoms with Crippen molar-refractivity contribution in [1.82, 2.24) is 5.32 Å².